The zero-order valence-electron chi connectivity index (χ0n) is 16.2. The Morgan fingerprint density at radius 3 is 2.43 bits per heavy atom. The molecule has 2 fully saturated rings. The van der Waals surface area contributed by atoms with Crippen LogP contribution in [0.3, 0.4) is 0 Å². The van der Waals surface area contributed by atoms with Crippen molar-refractivity contribution in [2.45, 2.75) is 25.4 Å². The minimum absolute atomic E-state index is 0. The molecule has 1 aromatic heterocycles. The number of methoxy groups -OCH3 is 1. The van der Waals surface area contributed by atoms with Crippen molar-refractivity contribution in [2.75, 3.05) is 58.2 Å². The molecule has 28 heavy (non-hydrogen) atoms. The van der Waals surface area contributed by atoms with Gasteiger partial charge in [0.15, 0.2) is 5.82 Å². The van der Waals surface area contributed by atoms with Crippen molar-refractivity contribution >= 4 is 42.4 Å². The van der Waals surface area contributed by atoms with Crippen molar-refractivity contribution in [1.29, 1.82) is 0 Å². The summed E-state index contributed by atoms with van der Waals surface area (Å²) in [4.78, 5) is 28.9. The number of aromatic nitrogens is 1. The summed E-state index contributed by atoms with van der Waals surface area (Å²) >= 11 is 0. The summed E-state index contributed by atoms with van der Waals surface area (Å²) in [6.45, 7) is 6.16. The van der Waals surface area contributed by atoms with Crippen LogP contribution in [0.4, 0.5) is 5.82 Å². The number of hydrogen-bond donors (Lipinski definition) is 2. The van der Waals surface area contributed by atoms with Gasteiger partial charge in [0.25, 0.3) is 5.91 Å². The fourth-order valence-corrected chi connectivity index (χ4v) is 3.54. The molecule has 9 nitrogen and oxygen atoms in total. The Morgan fingerprint density at radius 1 is 1.25 bits per heavy atom. The Labute approximate surface area is 177 Å². The summed E-state index contributed by atoms with van der Waals surface area (Å²) in [6.07, 6.45) is 1.39. The molecule has 0 unspecified atom stereocenters. The Balaban J connectivity index is 0.00000196. The molecule has 2 aliphatic rings. The van der Waals surface area contributed by atoms with E-state index in [1.54, 1.807) is 20.1 Å². The second-order valence-electron chi connectivity index (χ2n) is 6.89. The molecule has 2 amide bonds. The molecule has 160 valence electrons. The van der Waals surface area contributed by atoms with E-state index < -0.39 is 5.60 Å². The summed E-state index contributed by atoms with van der Waals surface area (Å²) in [7, 11) is 1.62. The highest BCUT2D eigenvalue weighted by Crippen LogP contribution is 2.25. The van der Waals surface area contributed by atoms with Crippen LogP contribution in [-0.2, 0) is 14.3 Å². The zero-order chi connectivity index (χ0) is 18.6. The third kappa shape index (κ3) is 5.81. The SMILES string of the molecule is COC1(C(=O)N2CCN(CC(=O)Nc3cc(C)on3)CC2)CCNCC1.Cl.Cl. The number of amides is 2. The number of carbonyl (C=O) groups excluding carboxylic acids is 2. The molecular weight excluding hydrogens is 409 g/mol. The minimum atomic E-state index is -0.699. The van der Waals surface area contributed by atoms with E-state index in [1.165, 1.54) is 0 Å². The van der Waals surface area contributed by atoms with E-state index in [0.717, 1.165) is 13.1 Å². The van der Waals surface area contributed by atoms with Crippen molar-refractivity contribution in [3.8, 4) is 0 Å². The average Bonchev–Trinajstić information content (AvgIpc) is 3.06. The quantitative estimate of drug-likeness (QED) is 0.698. The van der Waals surface area contributed by atoms with Gasteiger partial charge in [0.2, 0.25) is 5.91 Å². The molecule has 0 radical (unpaired) electrons. The first-order chi connectivity index (χ1) is 12.5. The van der Waals surface area contributed by atoms with Crippen LogP contribution in [0.1, 0.15) is 18.6 Å². The summed E-state index contributed by atoms with van der Waals surface area (Å²) in [5.74, 6) is 1.01. The lowest BCUT2D eigenvalue weighted by atomic mass is 9.90. The number of anilines is 1. The van der Waals surface area contributed by atoms with Gasteiger partial charge in [0, 0.05) is 39.4 Å². The van der Waals surface area contributed by atoms with Crippen LogP contribution in [0.5, 0.6) is 0 Å². The third-order valence-corrected chi connectivity index (χ3v) is 5.11. The molecule has 0 atom stereocenters. The summed E-state index contributed by atoms with van der Waals surface area (Å²) in [5.41, 5.74) is -0.699. The van der Waals surface area contributed by atoms with Crippen LogP contribution in [0.15, 0.2) is 10.6 Å². The number of rotatable bonds is 5. The lowest BCUT2D eigenvalue weighted by Gasteiger charge is -2.42. The predicted molar refractivity (Wildman–Crippen MR) is 109 cm³/mol. The molecule has 0 aromatic carbocycles. The van der Waals surface area contributed by atoms with Crippen molar-refractivity contribution in [3.05, 3.63) is 11.8 Å². The molecule has 3 rings (SSSR count). The molecule has 2 aliphatic heterocycles. The van der Waals surface area contributed by atoms with Gasteiger partial charge in [-0.25, -0.2) is 0 Å². The predicted octanol–water partition coefficient (Wildman–Crippen LogP) is 0.678. The van der Waals surface area contributed by atoms with Crippen LogP contribution >= 0.6 is 24.8 Å². The van der Waals surface area contributed by atoms with E-state index in [4.69, 9.17) is 9.26 Å². The van der Waals surface area contributed by atoms with E-state index in [9.17, 15) is 9.59 Å². The van der Waals surface area contributed by atoms with Gasteiger partial charge in [-0.15, -0.1) is 24.8 Å². The smallest absolute Gasteiger partial charge is 0.254 e. The number of piperazine rings is 1. The second-order valence-corrected chi connectivity index (χ2v) is 6.89. The number of ether oxygens (including phenoxy) is 1. The molecule has 0 saturated carbocycles. The van der Waals surface area contributed by atoms with E-state index >= 15 is 0 Å². The van der Waals surface area contributed by atoms with Gasteiger partial charge >= 0.3 is 0 Å². The van der Waals surface area contributed by atoms with Gasteiger partial charge in [0.05, 0.1) is 6.54 Å². The Bertz CT molecular complexity index is 643. The molecule has 3 heterocycles. The Morgan fingerprint density at radius 2 is 1.89 bits per heavy atom. The normalized spacial score (nSPS) is 19.3. The van der Waals surface area contributed by atoms with Crippen molar-refractivity contribution in [1.82, 2.24) is 20.3 Å². The molecule has 1 aromatic rings. The number of nitrogens with one attached hydrogen (secondary N) is 2. The van der Waals surface area contributed by atoms with Gasteiger partial charge in [-0.05, 0) is 32.9 Å². The Hall–Kier alpha value is -1.39. The molecule has 0 spiro atoms. The highest BCUT2D eigenvalue weighted by atomic mass is 35.5. The van der Waals surface area contributed by atoms with Crippen LogP contribution in [0.2, 0.25) is 0 Å². The first-order valence-electron chi connectivity index (χ1n) is 9.03. The van der Waals surface area contributed by atoms with Crippen LogP contribution in [0, 0.1) is 6.92 Å². The van der Waals surface area contributed by atoms with E-state index in [-0.39, 0.29) is 43.2 Å². The zero-order valence-corrected chi connectivity index (χ0v) is 17.9. The molecule has 0 bridgehead atoms. The molecule has 0 aliphatic carbocycles. The maximum Gasteiger partial charge on any atom is 0.254 e. The van der Waals surface area contributed by atoms with Gasteiger partial charge in [0.1, 0.15) is 11.4 Å². The molecular formula is C17H29Cl2N5O4. The number of hydrogen-bond acceptors (Lipinski definition) is 7. The number of carbonyl (C=O) groups is 2. The standard InChI is InChI=1S/C17H27N5O4.2ClH/c1-13-11-14(20-26-13)19-15(23)12-21-7-9-22(10-8-21)16(24)17(25-2)3-5-18-6-4-17;;/h11,18H,3-10,12H2,1-2H3,(H,19,20,23);2*1H. The number of aryl methyl sites for hydroxylation is 1. The monoisotopic (exact) mass is 437 g/mol. The highest BCUT2D eigenvalue weighted by molar-refractivity contribution is 5.91. The third-order valence-electron chi connectivity index (χ3n) is 5.11. The van der Waals surface area contributed by atoms with Crippen LogP contribution in [0.25, 0.3) is 0 Å². The number of nitrogens with zero attached hydrogens (tertiary/aromatic N) is 3. The summed E-state index contributed by atoms with van der Waals surface area (Å²) < 4.78 is 10.6. The molecule has 2 N–H and O–H groups in total. The number of piperidine rings is 1. The molecule has 2 saturated heterocycles. The first kappa shape index (κ1) is 24.6. The van der Waals surface area contributed by atoms with Gasteiger partial charge in [-0.2, -0.15) is 0 Å². The van der Waals surface area contributed by atoms with Crippen LogP contribution < -0.4 is 10.6 Å². The first-order valence-corrected chi connectivity index (χ1v) is 9.03. The largest absolute Gasteiger partial charge is 0.368 e. The van der Waals surface area contributed by atoms with Crippen molar-refractivity contribution < 1.29 is 18.8 Å². The lowest BCUT2D eigenvalue weighted by Crippen LogP contribution is -2.59. The van der Waals surface area contributed by atoms with Crippen molar-refractivity contribution in [3.63, 3.8) is 0 Å². The van der Waals surface area contributed by atoms with E-state index in [1.807, 2.05) is 9.80 Å². The molecule has 11 heteroatoms. The van der Waals surface area contributed by atoms with Crippen molar-refractivity contribution in [2.24, 2.45) is 0 Å². The van der Waals surface area contributed by atoms with Crippen LogP contribution in [-0.4, -0.2) is 85.3 Å². The second kappa shape index (κ2) is 11.0. The summed E-state index contributed by atoms with van der Waals surface area (Å²) in [6, 6.07) is 1.68. The van der Waals surface area contributed by atoms with Gasteiger partial charge in [-0.3, -0.25) is 14.5 Å². The highest BCUT2D eigenvalue weighted by Gasteiger charge is 2.43. The Kier molecular flexibility index (Phi) is 9.65. The fourth-order valence-electron chi connectivity index (χ4n) is 3.54. The average molecular weight is 438 g/mol. The van der Waals surface area contributed by atoms with E-state index in [0.29, 0.717) is 50.6 Å². The number of halogens is 2. The van der Waals surface area contributed by atoms with Gasteiger partial charge in [-0.1, -0.05) is 5.16 Å². The fraction of sp³-hybridized carbons (Fsp3) is 0.706. The topological polar surface area (TPSA) is 99.9 Å². The van der Waals surface area contributed by atoms with Gasteiger partial charge < -0.3 is 24.8 Å². The minimum Gasteiger partial charge on any atom is -0.368 e. The summed E-state index contributed by atoms with van der Waals surface area (Å²) in [5, 5.41) is 9.74. The maximum absolute atomic E-state index is 12.9. The lowest BCUT2D eigenvalue weighted by molar-refractivity contribution is -0.160. The maximum atomic E-state index is 12.9. The van der Waals surface area contributed by atoms with E-state index in [2.05, 4.69) is 15.8 Å².